The van der Waals surface area contributed by atoms with Crippen molar-refractivity contribution in [2.45, 2.75) is 20.0 Å². The van der Waals surface area contributed by atoms with Gasteiger partial charge in [-0.15, -0.1) is 0 Å². The molecule has 24 heavy (non-hydrogen) atoms. The van der Waals surface area contributed by atoms with Crippen LogP contribution in [0.1, 0.15) is 29.7 Å². The van der Waals surface area contributed by atoms with Crippen LogP contribution in [0.15, 0.2) is 16.5 Å². The average Bonchev–Trinajstić information content (AvgIpc) is 3.05. The Bertz CT molecular complexity index is 731. The second-order valence-corrected chi connectivity index (χ2v) is 4.71. The van der Waals surface area contributed by atoms with Gasteiger partial charge in [0.2, 0.25) is 29.1 Å². The molecule has 0 aliphatic carbocycles. The second kappa shape index (κ2) is 7.33. The number of rotatable bonds is 6. The van der Waals surface area contributed by atoms with Crippen molar-refractivity contribution in [1.29, 1.82) is 0 Å². The number of hydrogen-bond acceptors (Lipinski definition) is 3. The molecule has 0 bridgehead atoms. The molecule has 2 aromatic rings. The molecule has 0 saturated heterocycles. The highest BCUT2D eigenvalue weighted by atomic mass is 19.2. The molecule has 1 aromatic heterocycles. The molecule has 0 aliphatic heterocycles. The van der Waals surface area contributed by atoms with Crippen LogP contribution < -0.4 is 10.1 Å². The fourth-order valence-electron chi connectivity index (χ4n) is 1.76. The SMILES string of the molecule is CCCNC(=O)c1ccc(COc2c(F)c(F)c(F)c(F)c2F)o1. The first kappa shape index (κ1) is 17.8. The van der Waals surface area contributed by atoms with Crippen molar-refractivity contribution < 1.29 is 35.9 Å². The Labute approximate surface area is 133 Å². The van der Waals surface area contributed by atoms with Gasteiger partial charge in [0.15, 0.2) is 11.5 Å². The zero-order valence-corrected chi connectivity index (χ0v) is 12.4. The summed E-state index contributed by atoms with van der Waals surface area (Å²) < 4.78 is 75.6. The zero-order chi connectivity index (χ0) is 17.9. The lowest BCUT2D eigenvalue weighted by Crippen LogP contribution is -2.23. The standard InChI is InChI=1S/C15H12F5NO3/c1-2-5-21-15(22)8-4-3-7(24-8)6-23-14-12(19)10(17)9(16)11(18)13(14)20/h3-4H,2,5-6H2,1H3,(H,21,22). The predicted molar refractivity (Wildman–Crippen MR) is 71.9 cm³/mol. The first-order valence-electron chi connectivity index (χ1n) is 6.87. The van der Waals surface area contributed by atoms with E-state index in [4.69, 9.17) is 4.42 Å². The number of nitrogens with one attached hydrogen (secondary N) is 1. The third-order valence-corrected chi connectivity index (χ3v) is 2.95. The summed E-state index contributed by atoms with van der Waals surface area (Å²) in [4.78, 5) is 11.6. The van der Waals surface area contributed by atoms with Gasteiger partial charge in [-0.2, -0.15) is 8.78 Å². The van der Waals surface area contributed by atoms with Crippen LogP contribution in [0, 0.1) is 29.1 Å². The Hall–Kier alpha value is -2.58. The highest BCUT2D eigenvalue weighted by Crippen LogP contribution is 2.29. The van der Waals surface area contributed by atoms with E-state index in [2.05, 4.69) is 10.1 Å². The highest BCUT2D eigenvalue weighted by molar-refractivity contribution is 5.91. The van der Waals surface area contributed by atoms with E-state index in [-0.39, 0.29) is 11.5 Å². The summed E-state index contributed by atoms with van der Waals surface area (Å²) >= 11 is 0. The molecule has 9 heteroatoms. The van der Waals surface area contributed by atoms with Crippen LogP contribution in [0.4, 0.5) is 22.0 Å². The topological polar surface area (TPSA) is 51.5 Å². The van der Waals surface area contributed by atoms with E-state index in [0.717, 1.165) is 0 Å². The minimum absolute atomic E-state index is 0.0272. The number of carbonyl (C=O) groups is 1. The number of benzene rings is 1. The Kier molecular flexibility index (Phi) is 5.42. The van der Waals surface area contributed by atoms with Crippen LogP contribution in [-0.2, 0) is 6.61 Å². The van der Waals surface area contributed by atoms with Gasteiger partial charge < -0.3 is 14.5 Å². The van der Waals surface area contributed by atoms with Gasteiger partial charge in [0.05, 0.1) is 0 Å². The van der Waals surface area contributed by atoms with Crippen molar-refractivity contribution >= 4 is 5.91 Å². The Balaban J connectivity index is 2.12. The molecule has 0 spiro atoms. The maximum atomic E-state index is 13.4. The van der Waals surface area contributed by atoms with Crippen LogP contribution in [0.2, 0.25) is 0 Å². The number of furan rings is 1. The highest BCUT2D eigenvalue weighted by Gasteiger charge is 2.27. The van der Waals surface area contributed by atoms with E-state index in [1.165, 1.54) is 12.1 Å². The molecule has 1 heterocycles. The lowest BCUT2D eigenvalue weighted by Gasteiger charge is -2.09. The van der Waals surface area contributed by atoms with Gasteiger partial charge in [0.25, 0.3) is 5.91 Å². The minimum Gasteiger partial charge on any atom is -0.479 e. The molecule has 0 fully saturated rings. The molecule has 0 atom stereocenters. The second-order valence-electron chi connectivity index (χ2n) is 4.71. The monoisotopic (exact) mass is 349 g/mol. The van der Waals surface area contributed by atoms with E-state index in [0.29, 0.717) is 13.0 Å². The van der Waals surface area contributed by atoms with E-state index < -0.39 is 47.3 Å². The fraction of sp³-hybridized carbons (Fsp3) is 0.267. The molecule has 0 saturated carbocycles. The summed E-state index contributed by atoms with van der Waals surface area (Å²) in [6.07, 6.45) is 0.711. The van der Waals surface area contributed by atoms with Crippen LogP contribution in [0.3, 0.4) is 0 Å². The maximum Gasteiger partial charge on any atom is 0.286 e. The van der Waals surface area contributed by atoms with Gasteiger partial charge in [-0.3, -0.25) is 4.79 Å². The van der Waals surface area contributed by atoms with Gasteiger partial charge in [0.1, 0.15) is 12.4 Å². The number of halogens is 5. The molecule has 4 nitrogen and oxygen atoms in total. The third kappa shape index (κ3) is 3.50. The number of carbonyl (C=O) groups excluding carboxylic acids is 1. The summed E-state index contributed by atoms with van der Waals surface area (Å²) in [5.74, 6) is -12.7. The fourth-order valence-corrected chi connectivity index (χ4v) is 1.76. The quantitative estimate of drug-likeness (QED) is 0.492. The van der Waals surface area contributed by atoms with Gasteiger partial charge in [-0.05, 0) is 18.6 Å². The summed E-state index contributed by atoms with van der Waals surface area (Å²) in [5.41, 5.74) is 0. The molecule has 1 amide bonds. The van der Waals surface area contributed by atoms with Crippen LogP contribution >= 0.6 is 0 Å². The molecular weight excluding hydrogens is 337 g/mol. The average molecular weight is 349 g/mol. The summed E-state index contributed by atoms with van der Waals surface area (Å²) in [7, 11) is 0. The van der Waals surface area contributed by atoms with E-state index in [9.17, 15) is 26.7 Å². The van der Waals surface area contributed by atoms with Crippen molar-refractivity contribution in [3.05, 3.63) is 52.7 Å². The van der Waals surface area contributed by atoms with Crippen LogP contribution in [0.5, 0.6) is 5.75 Å². The van der Waals surface area contributed by atoms with Crippen molar-refractivity contribution in [2.24, 2.45) is 0 Å². The lowest BCUT2D eigenvalue weighted by atomic mass is 10.2. The normalized spacial score (nSPS) is 10.8. The summed E-state index contributed by atoms with van der Waals surface area (Å²) in [5, 5.41) is 2.54. The largest absolute Gasteiger partial charge is 0.479 e. The number of hydrogen-bond donors (Lipinski definition) is 1. The van der Waals surface area contributed by atoms with E-state index in [1.807, 2.05) is 6.92 Å². The number of ether oxygens (including phenoxy) is 1. The minimum atomic E-state index is -2.27. The van der Waals surface area contributed by atoms with Crippen molar-refractivity contribution in [3.63, 3.8) is 0 Å². The smallest absolute Gasteiger partial charge is 0.286 e. The zero-order valence-electron chi connectivity index (χ0n) is 12.4. The predicted octanol–water partition coefficient (Wildman–Crippen LogP) is 3.69. The summed E-state index contributed by atoms with van der Waals surface area (Å²) in [6, 6.07) is 2.58. The maximum absolute atomic E-state index is 13.4. The van der Waals surface area contributed by atoms with E-state index in [1.54, 1.807) is 0 Å². The van der Waals surface area contributed by atoms with Crippen molar-refractivity contribution in [3.8, 4) is 5.75 Å². The molecule has 0 aliphatic rings. The number of amides is 1. The van der Waals surface area contributed by atoms with Crippen molar-refractivity contribution in [2.75, 3.05) is 6.54 Å². The first-order valence-corrected chi connectivity index (χ1v) is 6.87. The first-order chi connectivity index (χ1) is 11.4. The third-order valence-electron chi connectivity index (χ3n) is 2.95. The molecule has 0 unspecified atom stereocenters. The lowest BCUT2D eigenvalue weighted by molar-refractivity contribution is 0.0921. The van der Waals surface area contributed by atoms with Gasteiger partial charge in [-0.1, -0.05) is 6.92 Å². The Morgan fingerprint density at radius 1 is 1.04 bits per heavy atom. The van der Waals surface area contributed by atoms with Gasteiger partial charge in [-0.25, -0.2) is 13.2 Å². The van der Waals surface area contributed by atoms with Gasteiger partial charge >= 0.3 is 0 Å². The van der Waals surface area contributed by atoms with Crippen LogP contribution in [-0.4, -0.2) is 12.5 Å². The molecular formula is C15H12F5NO3. The molecule has 2 rings (SSSR count). The Morgan fingerprint density at radius 3 is 2.21 bits per heavy atom. The van der Waals surface area contributed by atoms with Crippen LogP contribution in [0.25, 0.3) is 0 Å². The molecule has 130 valence electrons. The molecule has 1 N–H and O–H groups in total. The van der Waals surface area contributed by atoms with Gasteiger partial charge in [0, 0.05) is 6.54 Å². The Morgan fingerprint density at radius 2 is 1.62 bits per heavy atom. The molecule has 0 radical (unpaired) electrons. The van der Waals surface area contributed by atoms with E-state index >= 15 is 0 Å². The summed E-state index contributed by atoms with van der Waals surface area (Å²) in [6.45, 7) is 1.65. The molecule has 1 aromatic carbocycles. The van der Waals surface area contributed by atoms with Crippen molar-refractivity contribution in [1.82, 2.24) is 5.32 Å².